The van der Waals surface area contributed by atoms with Crippen LogP contribution in [-0.4, -0.2) is 58.2 Å². The monoisotopic (exact) mass is 585 g/mol. The van der Waals surface area contributed by atoms with Gasteiger partial charge in [-0.15, -0.1) is 0 Å². The summed E-state index contributed by atoms with van der Waals surface area (Å²) in [4.78, 5) is 23.6. The summed E-state index contributed by atoms with van der Waals surface area (Å²) in [6.45, 7) is 5.33. The summed E-state index contributed by atoms with van der Waals surface area (Å²) >= 11 is 1.58. The molecule has 0 aliphatic carbocycles. The van der Waals surface area contributed by atoms with Gasteiger partial charge in [-0.05, 0) is 91.0 Å². The van der Waals surface area contributed by atoms with Crippen molar-refractivity contribution in [2.24, 2.45) is 0 Å². The molecule has 0 spiro atoms. The van der Waals surface area contributed by atoms with Crippen molar-refractivity contribution in [2.75, 3.05) is 25.5 Å². The number of hydrogen-bond acceptors (Lipinski definition) is 6. The molecule has 42 heavy (non-hydrogen) atoms. The third kappa shape index (κ3) is 9.70. The van der Waals surface area contributed by atoms with Gasteiger partial charge in [-0.1, -0.05) is 66.7 Å². The van der Waals surface area contributed by atoms with E-state index in [-0.39, 0.29) is 24.3 Å². The summed E-state index contributed by atoms with van der Waals surface area (Å²) < 4.78 is 2.04. The fraction of sp³-hybridized carbons (Fsp3) is 0.294. The molecule has 8 heteroatoms. The first kappa shape index (κ1) is 31.3. The van der Waals surface area contributed by atoms with E-state index in [0.717, 1.165) is 22.4 Å². The SMILES string of the molecule is CN(C[C@H](O)CNC(C)(C)Cc1ccc2ccccc2c1)Sc1cccc(-c2ccc(NC(=O)CCC(=O)O)cc2)c1. The second-order valence-electron chi connectivity index (χ2n) is 11.2. The summed E-state index contributed by atoms with van der Waals surface area (Å²) in [5.74, 6) is -1.32. The highest BCUT2D eigenvalue weighted by Gasteiger charge is 2.20. The maximum Gasteiger partial charge on any atom is 0.303 e. The van der Waals surface area contributed by atoms with Crippen molar-refractivity contribution in [2.45, 2.75) is 49.6 Å². The number of carbonyl (C=O) groups excluding carboxylic acids is 1. The van der Waals surface area contributed by atoms with Gasteiger partial charge in [0.25, 0.3) is 0 Å². The summed E-state index contributed by atoms with van der Waals surface area (Å²) in [5, 5.41) is 28.3. The van der Waals surface area contributed by atoms with Crippen LogP contribution in [0.25, 0.3) is 21.9 Å². The summed E-state index contributed by atoms with van der Waals surface area (Å²) in [5.41, 5.74) is 3.77. The molecule has 0 heterocycles. The van der Waals surface area contributed by atoms with Gasteiger partial charge in [0, 0.05) is 35.6 Å². The van der Waals surface area contributed by atoms with Gasteiger partial charge in [0.1, 0.15) is 0 Å². The maximum absolute atomic E-state index is 11.9. The molecule has 0 aliphatic rings. The Hall–Kier alpha value is -3.69. The Bertz CT molecular complexity index is 1510. The number of carboxylic acid groups (broad SMARTS) is 1. The van der Waals surface area contributed by atoms with Crippen molar-refractivity contribution in [1.29, 1.82) is 0 Å². The fourth-order valence-corrected chi connectivity index (χ4v) is 5.74. The molecule has 1 atom stereocenters. The molecular weight excluding hydrogens is 546 g/mol. The lowest BCUT2D eigenvalue weighted by molar-refractivity contribution is -0.138. The lowest BCUT2D eigenvalue weighted by Crippen LogP contribution is -2.46. The van der Waals surface area contributed by atoms with E-state index in [2.05, 4.69) is 73.0 Å². The molecule has 0 aromatic heterocycles. The molecule has 4 rings (SSSR count). The zero-order valence-corrected chi connectivity index (χ0v) is 25.2. The number of likely N-dealkylation sites (N-methyl/N-ethyl adjacent to an activating group) is 1. The first-order valence-electron chi connectivity index (χ1n) is 14.1. The summed E-state index contributed by atoms with van der Waals surface area (Å²) in [6, 6.07) is 30.6. The van der Waals surface area contributed by atoms with Crippen LogP contribution in [0.5, 0.6) is 0 Å². The zero-order chi connectivity index (χ0) is 30.1. The molecule has 0 aliphatic heterocycles. The number of benzene rings is 4. The number of β-amino-alcohol motifs (C(OH)–C–C–N with tert-alkyl or cyclic N) is 1. The molecule has 0 unspecified atom stereocenters. The van der Waals surface area contributed by atoms with Gasteiger partial charge in [0.2, 0.25) is 5.91 Å². The van der Waals surface area contributed by atoms with Crippen LogP contribution >= 0.6 is 11.9 Å². The molecule has 0 radical (unpaired) electrons. The number of carboxylic acids is 1. The Kier molecular flexibility index (Phi) is 10.8. The average Bonchev–Trinajstić information content (AvgIpc) is 2.95. The molecule has 0 bridgehead atoms. The molecule has 4 aromatic carbocycles. The van der Waals surface area contributed by atoms with Crippen LogP contribution in [0, 0.1) is 0 Å². The van der Waals surface area contributed by atoms with E-state index >= 15 is 0 Å². The van der Waals surface area contributed by atoms with Crippen LogP contribution in [0.4, 0.5) is 5.69 Å². The van der Waals surface area contributed by atoms with E-state index in [1.807, 2.05) is 53.8 Å². The lowest BCUT2D eigenvalue weighted by atomic mass is 9.93. The van der Waals surface area contributed by atoms with E-state index in [0.29, 0.717) is 18.8 Å². The molecule has 0 fully saturated rings. The van der Waals surface area contributed by atoms with E-state index in [1.165, 1.54) is 16.3 Å². The van der Waals surface area contributed by atoms with Gasteiger partial charge in [-0.25, -0.2) is 4.31 Å². The van der Waals surface area contributed by atoms with Crippen molar-refractivity contribution in [3.8, 4) is 11.1 Å². The Labute approximate surface area is 252 Å². The van der Waals surface area contributed by atoms with Crippen molar-refractivity contribution >= 4 is 40.3 Å². The summed E-state index contributed by atoms with van der Waals surface area (Å²) in [7, 11) is 1.97. The predicted octanol–water partition coefficient (Wildman–Crippen LogP) is 6.22. The minimum atomic E-state index is -0.994. The zero-order valence-electron chi connectivity index (χ0n) is 24.3. The molecule has 0 saturated heterocycles. The number of aliphatic hydroxyl groups is 1. The van der Waals surface area contributed by atoms with Crippen LogP contribution in [0.15, 0.2) is 95.9 Å². The Balaban J connectivity index is 1.25. The topological polar surface area (TPSA) is 102 Å². The standard InChI is InChI=1S/C34H39N3O4S/c1-34(2,21-24-11-12-25-7-4-5-8-27(25)19-24)35-22-30(38)23-37(3)42-31-10-6-9-28(20-31)26-13-15-29(16-14-26)36-32(39)17-18-33(40)41/h4-16,19-20,30,35,38H,17-18,21-23H2,1-3H3,(H,36,39)(H,40,41)/t30-/m1/s1. The fourth-order valence-electron chi connectivity index (χ4n) is 4.82. The molecule has 4 N–H and O–H groups in total. The third-order valence-corrected chi connectivity index (χ3v) is 7.83. The number of nitrogens with zero attached hydrogens (tertiary/aromatic N) is 1. The van der Waals surface area contributed by atoms with Gasteiger partial charge in [0.05, 0.1) is 12.5 Å². The first-order chi connectivity index (χ1) is 20.1. The van der Waals surface area contributed by atoms with Crippen LogP contribution in [-0.2, 0) is 16.0 Å². The smallest absolute Gasteiger partial charge is 0.303 e. The number of carbonyl (C=O) groups is 2. The van der Waals surface area contributed by atoms with Gasteiger partial charge < -0.3 is 20.8 Å². The van der Waals surface area contributed by atoms with Gasteiger partial charge in [-0.2, -0.15) is 0 Å². The molecule has 4 aromatic rings. The molecular formula is C34H39N3O4S. The average molecular weight is 586 g/mol. The Morgan fingerprint density at radius 2 is 1.62 bits per heavy atom. The highest BCUT2D eigenvalue weighted by Crippen LogP contribution is 2.28. The van der Waals surface area contributed by atoms with Crippen molar-refractivity contribution in [3.05, 3.63) is 96.6 Å². The molecule has 220 valence electrons. The minimum absolute atomic E-state index is 0.0578. The molecule has 1 amide bonds. The van der Waals surface area contributed by atoms with E-state index < -0.39 is 12.1 Å². The number of nitrogens with one attached hydrogen (secondary N) is 2. The van der Waals surface area contributed by atoms with Crippen LogP contribution < -0.4 is 10.6 Å². The second-order valence-corrected chi connectivity index (χ2v) is 12.5. The highest BCUT2D eigenvalue weighted by molar-refractivity contribution is 7.97. The van der Waals surface area contributed by atoms with E-state index in [4.69, 9.17) is 5.11 Å². The van der Waals surface area contributed by atoms with E-state index in [1.54, 1.807) is 11.9 Å². The van der Waals surface area contributed by atoms with Crippen LogP contribution in [0.2, 0.25) is 0 Å². The van der Waals surface area contributed by atoms with Crippen LogP contribution in [0.1, 0.15) is 32.3 Å². The number of rotatable bonds is 14. The third-order valence-electron chi connectivity index (χ3n) is 6.91. The Morgan fingerprint density at radius 1 is 0.881 bits per heavy atom. The first-order valence-corrected chi connectivity index (χ1v) is 14.9. The van der Waals surface area contributed by atoms with Gasteiger partial charge in [0.15, 0.2) is 0 Å². The quantitative estimate of drug-likeness (QED) is 0.130. The number of aliphatic hydroxyl groups excluding tert-OH is 1. The maximum atomic E-state index is 11.9. The van der Waals surface area contributed by atoms with Crippen molar-refractivity contribution in [1.82, 2.24) is 9.62 Å². The van der Waals surface area contributed by atoms with Crippen LogP contribution in [0.3, 0.4) is 0 Å². The van der Waals surface area contributed by atoms with Crippen molar-refractivity contribution in [3.63, 3.8) is 0 Å². The second kappa shape index (κ2) is 14.5. The van der Waals surface area contributed by atoms with Gasteiger partial charge in [-0.3, -0.25) is 9.59 Å². The largest absolute Gasteiger partial charge is 0.481 e. The number of fused-ring (bicyclic) bond motifs is 1. The normalized spacial score (nSPS) is 12.4. The van der Waals surface area contributed by atoms with Crippen molar-refractivity contribution < 1.29 is 19.8 Å². The number of amides is 1. The molecule has 0 saturated carbocycles. The van der Waals surface area contributed by atoms with Gasteiger partial charge >= 0.3 is 5.97 Å². The Morgan fingerprint density at radius 3 is 2.36 bits per heavy atom. The number of aliphatic carboxylic acids is 1. The predicted molar refractivity (Wildman–Crippen MR) is 172 cm³/mol. The summed E-state index contributed by atoms with van der Waals surface area (Å²) in [6.07, 6.45) is 0.0813. The lowest BCUT2D eigenvalue weighted by Gasteiger charge is -2.29. The molecule has 7 nitrogen and oxygen atoms in total. The van der Waals surface area contributed by atoms with E-state index in [9.17, 15) is 14.7 Å². The number of hydrogen-bond donors (Lipinski definition) is 4. The highest BCUT2D eigenvalue weighted by atomic mass is 32.2. The minimum Gasteiger partial charge on any atom is -0.481 e. The number of anilines is 1.